The minimum atomic E-state index is -0.766. The van der Waals surface area contributed by atoms with Crippen molar-refractivity contribution >= 4 is 39.1 Å². The monoisotopic (exact) mass is 373 g/mol. The van der Waals surface area contributed by atoms with Crippen molar-refractivity contribution in [2.24, 2.45) is 5.92 Å². The summed E-state index contributed by atoms with van der Waals surface area (Å²) in [7, 11) is 0. The Kier molecular flexibility index (Phi) is 6.23. The highest BCUT2D eigenvalue weighted by molar-refractivity contribution is 9.11. The molecule has 1 aromatic rings. The van der Waals surface area contributed by atoms with Crippen LogP contribution in [0.4, 0.5) is 0 Å². The lowest BCUT2D eigenvalue weighted by Crippen LogP contribution is -2.40. The van der Waals surface area contributed by atoms with E-state index in [2.05, 4.69) is 22.0 Å². The Balaban J connectivity index is 1.73. The number of carbonyl (C=O) groups is 2. The first kappa shape index (κ1) is 16.5. The topological polar surface area (TPSA) is 57.6 Å². The minimum absolute atomic E-state index is 0.119. The Morgan fingerprint density at radius 3 is 2.90 bits per heavy atom. The molecular formula is C15H20BrNO3S. The van der Waals surface area contributed by atoms with Crippen LogP contribution in [-0.4, -0.2) is 35.0 Å². The molecule has 1 amide bonds. The van der Waals surface area contributed by atoms with Crippen molar-refractivity contribution in [1.82, 2.24) is 4.90 Å². The number of hydrogen-bond acceptors (Lipinski definition) is 3. The highest BCUT2D eigenvalue weighted by atomic mass is 79.9. The third kappa shape index (κ3) is 5.43. The number of hydrogen-bond donors (Lipinski definition) is 1. The smallest absolute Gasteiger partial charge is 0.303 e. The molecule has 1 saturated heterocycles. The molecule has 0 bridgehead atoms. The molecule has 0 aromatic carbocycles. The van der Waals surface area contributed by atoms with E-state index in [1.807, 2.05) is 11.0 Å². The van der Waals surface area contributed by atoms with E-state index in [1.54, 1.807) is 11.3 Å². The van der Waals surface area contributed by atoms with Gasteiger partial charge >= 0.3 is 5.97 Å². The summed E-state index contributed by atoms with van der Waals surface area (Å²) < 4.78 is 1.12. The zero-order valence-electron chi connectivity index (χ0n) is 11.9. The lowest BCUT2D eigenvalue weighted by molar-refractivity contribution is -0.140. The summed E-state index contributed by atoms with van der Waals surface area (Å²) in [6.45, 7) is 1.38. The Hall–Kier alpha value is -0.880. The Labute approximate surface area is 137 Å². The van der Waals surface area contributed by atoms with Gasteiger partial charge in [-0.2, -0.15) is 0 Å². The van der Waals surface area contributed by atoms with Crippen LogP contribution < -0.4 is 0 Å². The number of aryl methyl sites for hydroxylation is 1. The van der Waals surface area contributed by atoms with Crippen molar-refractivity contribution in [2.45, 2.75) is 38.5 Å². The molecule has 1 N–H and O–H groups in total. The van der Waals surface area contributed by atoms with E-state index in [-0.39, 0.29) is 18.2 Å². The SMILES string of the molecule is O=C(O)CC1CCCN(C(=O)CCCc2ccc(Br)s2)C1. The average molecular weight is 374 g/mol. The summed E-state index contributed by atoms with van der Waals surface area (Å²) in [4.78, 5) is 26.1. The molecule has 4 nitrogen and oxygen atoms in total. The number of carboxylic acid groups (broad SMARTS) is 1. The highest BCUT2D eigenvalue weighted by Gasteiger charge is 2.24. The molecule has 2 heterocycles. The van der Waals surface area contributed by atoms with Gasteiger partial charge in [0.1, 0.15) is 0 Å². The quantitative estimate of drug-likeness (QED) is 0.829. The minimum Gasteiger partial charge on any atom is -0.481 e. The maximum absolute atomic E-state index is 12.2. The fourth-order valence-corrected chi connectivity index (χ4v) is 4.29. The van der Waals surface area contributed by atoms with E-state index in [1.165, 1.54) is 4.88 Å². The van der Waals surface area contributed by atoms with Crippen LogP contribution in [-0.2, 0) is 16.0 Å². The van der Waals surface area contributed by atoms with Crippen LogP contribution in [0.25, 0.3) is 0 Å². The third-order valence-corrected chi connectivity index (χ3v) is 5.46. The molecule has 1 aromatic heterocycles. The lowest BCUT2D eigenvalue weighted by Gasteiger charge is -2.32. The van der Waals surface area contributed by atoms with E-state index in [4.69, 9.17) is 5.11 Å². The predicted octanol–water partition coefficient (Wildman–Crippen LogP) is 3.55. The molecule has 0 radical (unpaired) electrons. The molecule has 1 aliphatic heterocycles. The number of halogens is 1. The molecule has 21 heavy (non-hydrogen) atoms. The van der Waals surface area contributed by atoms with E-state index in [0.29, 0.717) is 13.0 Å². The first-order valence-electron chi connectivity index (χ1n) is 7.28. The largest absolute Gasteiger partial charge is 0.481 e. The Morgan fingerprint density at radius 1 is 1.43 bits per heavy atom. The second kappa shape index (κ2) is 7.94. The molecule has 6 heteroatoms. The second-order valence-electron chi connectivity index (χ2n) is 5.51. The zero-order chi connectivity index (χ0) is 15.2. The first-order valence-corrected chi connectivity index (χ1v) is 8.89. The Morgan fingerprint density at radius 2 is 2.24 bits per heavy atom. The molecule has 1 atom stereocenters. The number of carboxylic acids is 1. The van der Waals surface area contributed by atoms with Crippen LogP contribution in [0.15, 0.2) is 15.9 Å². The van der Waals surface area contributed by atoms with Crippen molar-refractivity contribution < 1.29 is 14.7 Å². The van der Waals surface area contributed by atoms with Gasteiger partial charge in [0, 0.05) is 30.8 Å². The number of nitrogens with zero attached hydrogens (tertiary/aromatic N) is 1. The van der Waals surface area contributed by atoms with Gasteiger partial charge in [0.25, 0.3) is 0 Å². The molecular weight excluding hydrogens is 354 g/mol. The number of thiophene rings is 1. The maximum Gasteiger partial charge on any atom is 0.303 e. The first-order chi connectivity index (χ1) is 10.0. The van der Waals surface area contributed by atoms with Crippen LogP contribution in [0, 0.1) is 5.92 Å². The second-order valence-corrected chi connectivity index (χ2v) is 8.05. The van der Waals surface area contributed by atoms with Crippen molar-refractivity contribution in [3.05, 3.63) is 20.8 Å². The molecule has 1 aliphatic rings. The number of rotatable bonds is 6. The standard InChI is InChI=1S/C15H20BrNO3S/c16-13-7-6-12(21-13)4-1-5-14(18)17-8-2-3-11(10-17)9-15(19)20/h6-7,11H,1-5,8-10H2,(H,19,20). The van der Waals surface area contributed by atoms with E-state index in [9.17, 15) is 9.59 Å². The molecule has 1 unspecified atom stereocenters. The summed E-state index contributed by atoms with van der Waals surface area (Å²) in [6, 6.07) is 4.12. The third-order valence-electron chi connectivity index (χ3n) is 3.78. The van der Waals surface area contributed by atoms with E-state index < -0.39 is 5.97 Å². The van der Waals surface area contributed by atoms with Gasteiger partial charge in [-0.05, 0) is 59.7 Å². The highest BCUT2D eigenvalue weighted by Crippen LogP contribution is 2.24. The molecule has 0 spiro atoms. The van der Waals surface area contributed by atoms with Gasteiger partial charge in [-0.15, -0.1) is 11.3 Å². The number of aliphatic carboxylic acids is 1. The van der Waals surface area contributed by atoms with Crippen molar-refractivity contribution in [3.63, 3.8) is 0 Å². The van der Waals surface area contributed by atoms with Crippen LogP contribution in [0.2, 0.25) is 0 Å². The van der Waals surface area contributed by atoms with Gasteiger partial charge in [-0.1, -0.05) is 0 Å². The number of piperidine rings is 1. The molecule has 2 rings (SSSR count). The summed E-state index contributed by atoms with van der Waals surface area (Å²) in [5, 5.41) is 8.85. The van der Waals surface area contributed by atoms with Gasteiger partial charge in [0.2, 0.25) is 5.91 Å². The van der Waals surface area contributed by atoms with Crippen LogP contribution in [0.1, 0.15) is 37.0 Å². The van der Waals surface area contributed by atoms with Gasteiger partial charge in [0.05, 0.1) is 3.79 Å². The van der Waals surface area contributed by atoms with Crippen LogP contribution in [0.3, 0.4) is 0 Å². The van der Waals surface area contributed by atoms with Crippen molar-refractivity contribution in [1.29, 1.82) is 0 Å². The van der Waals surface area contributed by atoms with Crippen LogP contribution >= 0.6 is 27.3 Å². The number of carbonyl (C=O) groups excluding carboxylic acids is 1. The number of amides is 1. The van der Waals surface area contributed by atoms with Gasteiger partial charge in [-0.3, -0.25) is 9.59 Å². The van der Waals surface area contributed by atoms with Gasteiger partial charge < -0.3 is 10.0 Å². The summed E-state index contributed by atoms with van der Waals surface area (Å²) in [5.41, 5.74) is 0. The molecule has 0 aliphatic carbocycles. The predicted molar refractivity (Wildman–Crippen MR) is 86.5 cm³/mol. The van der Waals surface area contributed by atoms with Crippen LogP contribution in [0.5, 0.6) is 0 Å². The fraction of sp³-hybridized carbons (Fsp3) is 0.600. The summed E-state index contributed by atoms with van der Waals surface area (Å²) in [5.74, 6) is -0.480. The van der Waals surface area contributed by atoms with Gasteiger partial charge in [0.15, 0.2) is 0 Å². The van der Waals surface area contributed by atoms with Crippen molar-refractivity contribution in [3.8, 4) is 0 Å². The van der Waals surface area contributed by atoms with E-state index >= 15 is 0 Å². The summed E-state index contributed by atoms with van der Waals surface area (Å²) >= 11 is 5.15. The van der Waals surface area contributed by atoms with Crippen molar-refractivity contribution in [2.75, 3.05) is 13.1 Å². The van der Waals surface area contributed by atoms with Gasteiger partial charge in [-0.25, -0.2) is 0 Å². The summed E-state index contributed by atoms with van der Waals surface area (Å²) in [6.07, 6.45) is 4.34. The fourth-order valence-electron chi connectivity index (χ4n) is 2.76. The average Bonchev–Trinajstić information content (AvgIpc) is 2.84. The molecule has 116 valence electrons. The zero-order valence-corrected chi connectivity index (χ0v) is 14.3. The molecule has 1 fully saturated rings. The lowest BCUT2D eigenvalue weighted by atomic mass is 9.94. The Bertz CT molecular complexity index is 503. The van der Waals surface area contributed by atoms with E-state index in [0.717, 1.165) is 36.0 Å². The number of likely N-dealkylation sites (tertiary alicyclic amines) is 1. The normalized spacial score (nSPS) is 18.7. The molecule has 0 saturated carbocycles. The maximum atomic E-state index is 12.2.